The number of hydrogen-bond donors (Lipinski definition) is 1. The summed E-state index contributed by atoms with van der Waals surface area (Å²) in [5.74, 6) is 1.57. The summed E-state index contributed by atoms with van der Waals surface area (Å²) in [5, 5.41) is 0. The van der Waals surface area contributed by atoms with Gasteiger partial charge in [0.2, 0.25) is 0 Å². The SMILES string of the molecule is Cc1cc(C)c(OCCC(C)CN)c(C)c1. The van der Waals surface area contributed by atoms with Gasteiger partial charge in [-0.15, -0.1) is 0 Å². The Bertz CT molecular complexity index is 324. The van der Waals surface area contributed by atoms with Crippen LogP contribution in [0.25, 0.3) is 0 Å². The zero-order valence-corrected chi connectivity index (χ0v) is 10.8. The van der Waals surface area contributed by atoms with E-state index >= 15 is 0 Å². The minimum Gasteiger partial charge on any atom is -0.493 e. The summed E-state index contributed by atoms with van der Waals surface area (Å²) >= 11 is 0. The van der Waals surface area contributed by atoms with Crippen LogP contribution in [0.3, 0.4) is 0 Å². The van der Waals surface area contributed by atoms with Crippen LogP contribution in [-0.4, -0.2) is 13.2 Å². The average molecular weight is 221 g/mol. The van der Waals surface area contributed by atoms with E-state index in [0.29, 0.717) is 5.92 Å². The van der Waals surface area contributed by atoms with Gasteiger partial charge in [0.15, 0.2) is 0 Å². The van der Waals surface area contributed by atoms with Gasteiger partial charge in [-0.1, -0.05) is 24.6 Å². The van der Waals surface area contributed by atoms with Crippen molar-refractivity contribution in [1.29, 1.82) is 0 Å². The average Bonchev–Trinajstić information content (AvgIpc) is 2.21. The molecule has 0 aromatic heterocycles. The predicted octanol–water partition coefficient (Wildman–Crippen LogP) is 2.98. The van der Waals surface area contributed by atoms with E-state index in [0.717, 1.165) is 25.3 Å². The molecule has 0 saturated carbocycles. The van der Waals surface area contributed by atoms with Gasteiger partial charge in [-0.3, -0.25) is 0 Å². The number of benzene rings is 1. The lowest BCUT2D eigenvalue weighted by Gasteiger charge is -2.14. The van der Waals surface area contributed by atoms with Gasteiger partial charge < -0.3 is 10.5 Å². The molecular formula is C14H23NO. The largest absolute Gasteiger partial charge is 0.493 e. The number of rotatable bonds is 5. The lowest BCUT2D eigenvalue weighted by atomic mass is 10.1. The zero-order valence-electron chi connectivity index (χ0n) is 10.8. The fraction of sp³-hybridized carbons (Fsp3) is 0.571. The fourth-order valence-electron chi connectivity index (χ4n) is 1.87. The van der Waals surface area contributed by atoms with Crippen molar-refractivity contribution in [2.24, 2.45) is 11.7 Å². The van der Waals surface area contributed by atoms with Crippen LogP contribution in [0.15, 0.2) is 12.1 Å². The van der Waals surface area contributed by atoms with Crippen LogP contribution >= 0.6 is 0 Å². The third kappa shape index (κ3) is 3.53. The lowest BCUT2D eigenvalue weighted by Crippen LogP contribution is -2.14. The maximum absolute atomic E-state index is 5.84. The van der Waals surface area contributed by atoms with Crippen LogP contribution in [-0.2, 0) is 0 Å². The van der Waals surface area contributed by atoms with Crippen molar-refractivity contribution in [3.8, 4) is 5.75 Å². The molecule has 0 saturated heterocycles. The molecule has 1 aromatic rings. The molecule has 2 heteroatoms. The minimum atomic E-state index is 0.533. The van der Waals surface area contributed by atoms with E-state index in [1.807, 2.05) is 0 Å². The van der Waals surface area contributed by atoms with Crippen molar-refractivity contribution < 1.29 is 4.74 Å². The maximum Gasteiger partial charge on any atom is 0.125 e. The van der Waals surface area contributed by atoms with Crippen molar-refractivity contribution >= 4 is 0 Å². The maximum atomic E-state index is 5.84. The van der Waals surface area contributed by atoms with Gasteiger partial charge in [-0.25, -0.2) is 0 Å². The first-order valence-corrected chi connectivity index (χ1v) is 5.95. The summed E-state index contributed by atoms with van der Waals surface area (Å²) < 4.78 is 5.84. The second-order valence-electron chi connectivity index (χ2n) is 4.71. The molecule has 1 rings (SSSR count). The Morgan fingerprint density at radius 2 is 1.75 bits per heavy atom. The third-order valence-electron chi connectivity index (χ3n) is 2.86. The molecule has 2 nitrogen and oxygen atoms in total. The quantitative estimate of drug-likeness (QED) is 0.829. The number of nitrogens with two attached hydrogens (primary N) is 1. The Morgan fingerprint density at radius 3 is 2.25 bits per heavy atom. The first-order chi connectivity index (χ1) is 7.54. The van der Waals surface area contributed by atoms with Crippen LogP contribution in [0.2, 0.25) is 0 Å². The molecular weight excluding hydrogens is 198 g/mol. The lowest BCUT2D eigenvalue weighted by molar-refractivity contribution is 0.282. The summed E-state index contributed by atoms with van der Waals surface area (Å²) in [6.07, 6.45) is 1.02. The molecule has 0 bridgehead atoms. The molecule has 1 atom stereocenters. The molecule has 2 N–H and O–H groups in total. The van der Waals surface area contributed by atoms with E-state index in [2.05, 4.69) is 39.8 Å². The van der Waals surface area contributed by atoms with Gasteiger partial charge >= 0.3 is 0 Å². The molecule has 0 aliphatic carbocycles. The number of hydrogen-bond acceptors (Lipinski definition) is 2. The molecule has 1 unspecified atom stereocenters. The second-order valence-corrected chi connectivity index (χ2v) is 4.71. The van der Waals surface area contributed by atoms with Gasteiger partial charge in [0.05, 0.1) is 6.61 Å². The van der Waals surface area contributed by atoms with E-state index in [9.17, 15) is 0 Å². The van der Waals surface area contributed by atoms with Crippen molar-refractivity contribution in [3.63, 3.8) is 0 Å². The normalized spacial score (nSPS) is 12.6. The Balaban J connectivity index is 2.60. The van der Waals surface area contributed by atoms with Crippen LogP contribution in [0.5, 0.6) is 5.75 Å². The molecule has 0 aliphatic rings. The van der Waals surface area contributed by atoms with Gasteiger partial charge in [0.25, 0.3) is 0 Å². The van der Waals surface area contributed by atoms with Gasteiger partial charge in [0.1, 0.15) is 5.75 Å². The Hall–Kier alpha value is -1.02. The summed E-state index contributed by atoms with van der Waals surface area (Å²) in [5.41, 5.74) is 9.31. The Morgan fingerprint density at radius 1 is 1.19 bits per heavy atom. The predicted molar refractivity (Wildman–Crippen MR) is 69.0 cm³/mol. The molecule has 0 aliphatic heterocycles. The molecule has 0 radical (unpaired) electrons. The van der Waals surface area contributed by atoms with E-state index in [-0.39, 0.29) is 0 Å². The molecule has 0 amide bonds. The highest BCUT2D eigenvalue weighted by Crippen LogP contribution is 2.24. The molecule has 0 fully saturated rings. The summed E-state index contributed by atoms with van der Waals surface area (Å²) in [4.78, 5) is 0. The summed E-state index contributed by atoms with van der Waals surface area (Å²) in [6, 6.07) is 4.32. The standard InChI is InChI=1S/C14H23NO/c1-10(9-15)5-6-16-14-12(3)7-11(2)8-13(14)4/h7-8,10H,5-6,9,15H2,1-4H3. The highest BCUT2D eigenvalue weighted by molar-refractivity contribution is 5.42. The van der Waals surface area contributed by atoms with Gasteiger partial charge in [0, 0.05) is 0 Å². The van der Waals surface area contributed by atoms with Crippen molar-refractivity contribution in [1.82, 2.24) is 0 Å². The fourth-order valence-corrected chi connectivity index (χ4v) is 1.87. The topological polar surface area (TPSA) is 35.2 Å². The number of ether oxygens (including phenoxy) is 1. The van der Waals surface area contributed by atoms with E-state index in [4.69, 9.17) is 10.5 Å². The summed E-state index contributed by atoms with van der Waals surface area (Å²) in [6.45, 7) is 9.94. The highest BCUT2D eigenvalue weighted by atomic mass is 16.5. The van der Waals surface area contributed by atoms with Crippen molar-refractivity contribution in [2.75, 3.05) is 13.2 Å². The highest BCUT2D eigenvalue weighted by Gasteiger charge is 2.06. The summed E-state index contributed by atoms with van der Waals surface area (Å²) in [7, 11) is 0. The van der Waals surface area contributed by atoms with Crippen LogP contribution in [0.1, 0.15) is 30.0 Å². The second kappa shape index (κ2) is 5.90. The molecule has 0 spiro atoms. The minimum absolute atomic E-state index is 0.533. The van der Waals surface area contributed by atoms with E-state index in [1.165, 1.54) is 16.7 Å². The molecule has 90 valence electrons. The van der Waals surface area contributed by atoms with Crippen LogP contribution in [0.4, 0.5) is 0 Å². The van der Waals surface area contributed by atoms with Gasteiger partial charge in [-0.2, -0.15) is 0 Å². The van der Waals surface area contributed by atoms with E-state index in [1.54, 1.807) is 0 Å². The molecule has 1 aromatic carbocycles. The van der Waals surface area contributed by atoms with Crippen molar-refractivity contribution in [2.45, 2.75) is 34.1 Å². The number of aryl methyl sites for hydroxylation is 3. The molecule has 0 heterocycles. The van der Waals surface area contributed by atoms with Gasteiger partial charge in [-0.05, 0) is 50.8 Å². The first-order valence-electron chi connectivity index (χ1n) is 5.95. The monoisotopic (exact) mass is 221 g/mol. The first kappa shape index (κ1) is 13.0. The molecule has 16 heavy (non-hydrogen) atoms. The third-order valence-corrected chi connectivity index (χ3v) is 2.86. The Labute approximate surface area is 98.8 Å². The van der Waals surface area contributed by atoms with Crippen LogP contribution in [0, 0.1) is 26.7 Å². The van der Waals surface area contributed by atoms with Crippen molar-refractivity contribution in [3.05, 3.63) is 28.8 Å². The Kier molecular flexibility index (Phi) is 4.81. The van der Waals surface area contributed by atoms with Crippen LogP contribution < -0.4 is 10.5 Å². The zero-order chi connectivity index (χ0) is 12.1. The smallest absolute Gasteiger partial charge is 0.125 e. The van der Waals surface area contributed by atoms with E-state index < -0.39 is 0 Å².